The van der Waals surface area contributed by atoms with E-state index in [0.29, 0.717) is 18.0 Å². The van der Waals surface area contributed by atoms with Crippen molar-refractivity contribution in [1.82, 2.24) is 0 Å². The van der Waals surface area contributed by atoms with Gasteiger partial charge < -0.3 is 14.5 Å². The second-order valence-corrected chi connectivity index (χ2v) is 6.43. The zero-order valence-corrected chi connectivity index (χ0v) is 15.9. The molecule has 0 spiro atoms. The summed E-state index contributed by atoms with van der Waals surface area (Å²) in [5, 5.41) is 3.74. The van der Waals surface area contributed by atoms with Gasteiger partial charge in [0, 0.05) is 28.3 Å². The highest BCUT2D eigenvalue weighted by atomic mass is 19.1. The topological polar surface area (TPSA) is 51.5 Å². The number of fused-ring (bicyclic) bond motifs is 1. The molecule has 0 atom stereocenters. The second kappa shape index (κ2) is 7.66. The summed E-state index contributed by atoms with van der Waals surface area (Å²) in [4.78, 5) is 12.4. The number of allylic oxidation sites excluding steroid dienone is 1. The minimum absolute atomic E-state index is 0.289. The minimum atomic E-state index is -0.347. The van der Waals surface area contributed by atoms with Crippen LogP contribution in [0.5, 0.6) is 5.75 Å². The summed E-state index contributed by atoms with van der Waals surface area (Å²) in [5.41, 5.74) is 4.88. The molecule has 2 aromatic carbocycles. The van der Waals surface area contributed by atoms with Gasteiger partial charge in [0.1, 0.15) is 17.1 Å². The van der Waals surface area contributed by atoms with Crippen molar-refractivity contribution in [2.45, 2.75) is 27.7 Å². The van der Waals surface area contributed by atoms with Crippen LogP contribution in [0.25, 0.3) is 16.5 Å². The number of anilines is 1. The van der Waals surface area contributed by atoms with Gasteiger partial charge >= 0.3 is 0 Å². The van der Waals surface area contributed by atoms with Crippen molar-refractivity contribution < 1.29 is 18.3 Å². The molecule has 27 heavy (non-hydrogen) atoms. The fourth-order valence-corrected chi connectivity index (χ4v) is 3.05. The summed E-state index contributed by atoms with van der Waals surface area (Å²) in [6, 6.07) is 7.64. The van der Waals surface area contributed by atoms with E-state index in [-0.39, 0.29) is 11.7 Å². The highest BCUT2D eigenvalue weighted by molar-refractivity contribution is 6.05. The molecule has 1 N–H and O–H groups in total. The molecule has 0 unspecified atom stereocenters. The molecule has 3 rings (SSSR count). The maximum atomic E-state index is 13.0. The predicted molar refractivity (Wildman–Crippen MR) is 106 cm³/mol. The molecule has 5 heteroatoms. The highest BCUT2D eigenvalue weighted by Crippen LogP contribution is 2.37. The zero-order chi connectivity index (χ0) is 19.6. The number of furan rings is 1. The summed E-state index contributed by atoms with van der Waals surface area (Å²) in [6.07, 6.45) is 3.24. The first kappa shape index (κ1) is 18.7. The van der Waals surface area contributed by atoms with Crippen molar-refractivity contribution in [3.8, 4) is 5.75 Å². The van der Waals surface area contributed by atoms with Crippen molar-refractivity contribution in [3.05, 3.63) is 65.2 Å². The van der Waals surface area contributed by atoms with Crippen LogP contribution in [0.1, 0.15) is 30.5 Å². The summed E-state index contributed by atoms with van der Waals surface area (Å²) < 4.78 is 24.5. The molecule has 0 bridgehead atoms. The van der Waals surface area contributed by atoms with Crippen LogP contribution in [-0.2, 0) is 4.79 Å². The second-order valence-electron chi connectivity index (χ2n) is 6.43. The number of rotatable bonds is 5. The molecule has 1 aromatic heterocycles. The molecule has 0 aliphatic rings. The lowest BCUT2D eigenvalue weighted by molar-refractivity contribution is -0.111. The number of benzene rings is 2. The van der Waals surface area contributed by atoms with Crippen LogP contribution in [0.3, 0.4) is 0 Å². The molecule has 0 fully saturated rings. The fraction of sp³-hybridized carbons (Fsp3) is 0.227. The van der Waals surface area contributed by atoms with E-state index < -0.39 is 0 Å². The van der Waals surface area contributed by atoms with E-state index in [4.69, 9.17) is 9.15 Å². The Morgan fingerprint density at radius 2 is 1.96 bits per heavy atom. The Bertz CT molecular complexity index is 1020. The van der Waals surface area contributed by atoms with Crippen molar-refractivity contribution in [3.63, 3.8) is 0 Å². The fourth-order valence-electron chi connectivity index (χ4n) is 3.05. The number of hydrogen-bond acceptors (Lipinski definition) is 3. The monoisotopic (exact) mass is 367 g/mol. The quantitative estimate of drug-likeness (QED) is 0.595. The Morgan fingerprint density at radius 1 is 1.26 bits per heavy atom. The van der Waals surface area contributed by atoms with Crippen LogP contribution in [0.4, 0.5) is 10.1 Å². The van der Waals surface area contributed by atoms with Crippen LogP contribution >= 0.6 is 0 Å². The Morgan fingerprint density at radius 3 is 2.63 bits per heavy atom. The number of nitrogens with one attached hydrogen (secondary N) is 1. The van der Waals surface area contributed by atoms with Gasteiger partial charge in [-0.15, -0.1) is 0 Å². The van der Waals surface area contributed by atoms with Gasteiger partial charge in [-0.05, 0) is 69.2 Å². The number of carbonyl (C=O) groups is 1. The van der Waals surface area contributed by atoms with Crippen LogP contribution in [0, 0.1) is 19.7 Å². The van der Waals surface area contributed by atoms with Gasteiger partial charge in [-0.3, -0.25) is 4.79 Å². The molecule has 140 valence electrons. The summed E-state index contributed by atoms with van der Waals surface area (Å²) in [6.45, 7) is 8.22. The Labute approximate surface area is 157 Å². The third-order valence-corrected chi connectivity index (χ3v) is 4.41. The van der Waals surface area contributed by atoms with Gasteiger partial charge in [0.05, 0.1) is 12.9 Å². The summed E-state index contributed by atoms with van der Waals surface area (Å²) in [7, 11) is 0. The third kappa shape index (κ3) is 3.87. The number of ether oxygens (including phenoxy) is 1. The molecule has 4 nitrogen and oxygen atoms in total. The normalized spacial score (nSPS) is 11.7. The summed E-state index contributed by atoms with van der Waals surface area (Å²) in [5.74, 6) is 0.0752. The molecule has 3 aromatic rings. The molecular formula is C22H22FNO3. The zero-order valence-electron chi connectivity index (χ0n) is 15.9. The molecule has 0 saturated carbocycles. The maximum Gasteiger partial charge on any atom is 0.248 e. The lowest BCUT2D eigenvalue weighted by Gasteiger charge is -2.14. The molecule has 0 radical (unpaired) electrons. The van der Waals surface area contributed by atoms with Crippen molar-refractivity contribution >= 4 is 28.1 Å². The van der Waals surface area contributed by atoms with Crippen LogP contribution in [0.15, 0.2) is 47.1 Å². The molecule has 0 aliphatic carbocycles. The van der Waals surface area contributed by atoms with Gasteiger partial charge in [-0.25, -0.2) is 4.39 Å². The number of carbonyl (C=O) groups excluding carboxylic acids is 1. The lowest BCUT2D eigenvalue weighted by Crippen LogP contribution is -2.09. The van der Waals surface area contributed by atoms with Gasteiger partial charge in [0.2, 0.25) is 5.91 Å². The standard InChI is InChI=1S/C22H22FNO3/c1-5-26-21-15(4)22-19(14(3)12-27-22)11-18(21)13(2)10-20(25)24-17-8-6-16(23)7-9-17/h6-12H,5H2,1-4H3,(H,24,25)/b13-10+. The molecule has 0 aliphatic heterocycles. The molecule has 1 amide bonds. The van der Waals surface area contributed by atoms with E-state index in [2.05, 4.69) is 5.32 Å². The average Bonchev–Trinajstić information content (AvgIpc) is 3.00. The first-order valence-corrected chi connectivity index (χ1v) is 8.80. The largest absolute Gasteiger partial charge is 0.493 e. The third-order valence-electron chi connectivity index (χ3n) is 4.41. The molecular weight excluding hydrogens is 345 g/mol. The lowest BCUT2D eigenvalue weighted by atomic mass is 9.98. The number of amides is 1. The van der Waals surface area contributed by atoms with E-state index in [1.807, 2.05) is 33.8 Å². The van der Waals surface area contributed by atoms with Gasteiger partial charge in [0.25, 0.3) is 0 Å². The van der Waals surface area contributed by atoms with E-state index in [0.717, 1.165) is 33.2 Å². The first-order chi connectivity index (χ1) is 12.9. The number of halogens is 1. The van der Waals surface area contributed by atoms with Gasteiger partial charge in [-0.1, -0.05) is 0 Å². The van der Waals surface area contributed by atoms with E-state index >= 15 is 0 Å². The highest BCUT2D eigenvalue weighted by Gasteiger charge is 2.17. The molecule has 1 heterocycles. The van der Waals surface area contributed by atoms with E-state index in [1.165, 1.54) is 30.3 Å². The van der Waals surface area contributed by atoms with Crippen molar-refractivity contribution in [2.75, 3.05) is 11.9 Å². The predicted octanol–water partition coefficient (Wildman–Crippen LogP) is 5.63. The van der Waals surface area contributed by atoms with Gasteiger partial charge in [-0.2, -0.15) is 0 Å². The molecule has 0 saturated heterocycles. The Balaban J connectivity index is 1.97. The Hall–Kier alpha value is -3.08. The van der Waals surface area contributed by atoms with E-state index in [1.54, 1.807) is 6.26 Å². The van der Waals surface area contributed by atoms with E-state index in [9.17, 15) is 9.18 Å². The first-order valence-electron chi connectivity index (χ1n) is 8.80. The average molecular weight is 367 g/mol. The van der Waals surface area contributed by atoms with Crippen molar-refractivity contribution in [2.24, 2.45) is 0 Å². The minimum Gasteiger partial charge on any atom is -0.493 e. The Kier molecular flexibility index (Phi) is 5.31. The van der Waals surface area contributed by atoms with Gasteiger partial charge in [0.15, 0.2) is 0 Å². The summed E-state index contributed by atoms with van der Waals surface area (Å²) >= 11 is 0. The SMILES string of the molecule is CCOc1c(/C(C)=C/C(=O)Nc2ccc(F)cc2)cc2c(C)coc2c1C. The maximum absolute atomic E-state index is 13.0. The van der Waals surface area contributed by atoms with Crippen LogP contribution in [-0.4, -0.2) is 12.5 Å². The van der Waals surface area contributed by atoms with Crippen LogP contribution < -0.4 is 10.1 Å². The smallest absolute Gasteiger partial charge is 0.248 e. The van der Waals surface area contributed by atoms with Crippen molar-refractivity contribution in [1.29, 1.82) is 0 Å². The number of hydrogen-bond donors (Lipinski definition) is 1. The van der Waals surface area contributed by atoms with Crippen LogP contribution in [0.2, 0.25) is 0 Å². The number of aryl methyl sites for hydroxylation is 2.